The molecule has 2 aromatic rings. The molecule has 2 aliphatic heterocycles. The number of rotatable bonds is 5. The van der Waals surface area contributed by atoms with Gasteiger partial charge in [0.05, 0.1) is 29.5 Å². The fourth-order valence-electron chi connectivity index (χ4n) is 5.41. The predicted molar refractivity (Wildman–Crippen MR) is 127 cm³/mol. The number of likely N-dealkylation sites (tertiary alicyclic amines) is 1. The summed E-state index contributed by atoms with van der Waals surface area (Å²) in [6.07, 6.45) is 0.326. The number of alkyl halides is 3. The second kappa shape index (κ2) is 10.6. The lowest BCUT2D eigenvalue weighted by Crippen LogP contribution is -2.41. The quantitative estimate of drug-likeness (QED) is 0.682. The first kappa shape index (κ1) is 25.5. The number of halogens is 3. The Bertz CT molecular complexity index is 1140. The van der Waals surface area contributed by atoms with Crippen molar-refractivity contribution in [2.45, 2.75) is 25.4 Å². The van der Waals surface area contributed by atoms with E-state index in [1.807, 2.05) is 4.90 Å². The second-order valence-electron chi connectivity index (χ2n) is 9.38. The zero-order valence-electron chi connectivity index (χ0n) is 20.0. The summed E-state index contributed by atoms with van der Waals surface area (Å²) < 4.78 is 40.2. The van der Waals surface area contributed by atoms with Crippen molar-refractivity contribution >= 4 is 17.5 Å². The van der Waals surface area contributed by atoms with Crippen LogP contribution < -0.4 is 10.2 Å². The fraction of sp³-hybridized carbons (Fsp3) is 0.462. The van der Waals surface area contributed by atoms with Crippen molar-refractivity contribution in [2.75, 3.05) is 38.1 Å². The number of pyridine rings is 1. The largest absolute Gasteiger partial charge is 0.417 e. The lowest BCUT2D eigenvalue weighted by Gasteiger charge is -2.37. The number of piperidine rings is 1. The minimum atomic E-state index is -4.60. The highest BCUT2D eigenvalue weighted by molar-refractivity contribution is 5.83. The van der Waals surface area contributed by atoms with Crippen LogP contribution in [0.4, 0.5) is 18.9 Å². The second-order valence-corrected chi connectivity index (χ2v) is 9.38. The van der Waals surface area contributed by atoms with E-state index < -0.39 is 17.3 Å². The molecule has 0 radical (unpaired) electrons. The average molecular weight is 500 g/mol. The molecule has 7 nitrogen and oxygen atoms in total. The maximum atomic E-state index is 13.4. The first-order valence-corrected chi connectivity index (χ1v) is 12.0. The lowest BCUT2D eigenvalue weighted by atomic mass is 9.78. The van der Waals surface area contributed by atoms with Crippen molar-refractivity contribution in [3.8, 4) is 6.07 Å². The Kier molecular flexibility index (Phi) is 7.48. The Morgan fingerprint density at radius 1 is 1.14 bits per heavy atom. The number of carbonyl (C=O) groups is 2. The van der Waals surface area contributed by atoms with Crippen LogP contribution in [-0.2, 0) is 22.2 Å². The van der Waals surface area contributed by atoms with Crippen LogP contribution in [0.25, 0.3) is 0 Å². The minimum Gasteiger partial charge on any atom is -0.372 e. The normalized spacial score (nSPS) is 20.8. The van der Waals surface area contributed by atoms with Crippen LogP contribution >= 0.6 is 0 Å². The molecule has 36 heavy (non-hydrogen) atoms. The van der Waals surface area contributed by atoms with Gasteiger partial charge in [-0.2, -0.15) is 18.4 Å². The summed E-state index contributed by atoms with van der Waals surface area (Å²) in [5.41, 5.74) is -0.0208. The van der Waals surface area contributed by atoms with Gasteiger partial charge in [-0.3, -0.25) is 14.6 Å². The van der Waals surface area contributed by atoms with Crippen LogP contribution in [0.5, 0.6) is 0 Å². The molecule has 0 spiro atoms. The fourth-order valence-corrected chi connectivity index (χ4v) is 5.41. The van der Waals surface area contributed by atoms with Crippen LogP contribution in [0.3, 0.4) is 0 Å². The molecule has 0 unspecified atom stereocenters. The Hall–Kier alpha value is -3.61. The molecule has 0 bridgehead atoms. The predicted octanol–water partition coefficient (Wildman–Crippen LogP) is 3.25. The van der Waals surface area contributed by atoms with E-state index in [0.29, 0.717) is 44.7 Å². The van der Waals surface area contributed by atoms with Gasteiger partial charge in [0.2, 0.25) is 11.8 Å². The summed E-state index contributed by atoms with van der Waals surface area (Å²) in [6.45, 7) is 1.92. The highest BCUT2D eigenvalue weighted by Gasteiger charge is 2.43. The molecule has 2 aliphatic rings. The zero-order chi connectivity index (χ0) is 25.9. The van der Waals surface area contributed by atoms with Crippen LogP contribution in [0, 0.1) is 29.1 Å². The van der Waals surface area contributed by atoms with Gasteiger partial charge in [0.1, 0.15) is 0 Å². The van der Waals surface area contributed by atoms with Crippen LogP contribution in [-0.4, -0.2) is 54.9 Å². The molecule has 2 fully saturated rings. The molecule has 10 heteroatoms. The summed E-state index contributed by atoms with van der Waals surface area (Å²) in [5.74, 6) is -0.293. The molecule has 2 amide bonds. The van der Waals surface area contributed by atoms with E-state index in [1.165, 1.54) is 6.07 Å². The highest BCUT2D eigenvalue weighted by atomic mass is 19.4. The number of anilines is 1. The first-order valence-electron chi connectivity index (χ1n) is 12.0. The highest BCUT2D eigenvalue weighted by Crippen LogP contribution is 2.39. The lowest BCUT2D eigenvalue weighted by molar-refractivity contribution is -0.137. The van der Waals surface area contributed by atoms with E-state index in [1.54, 1.807) is 48.6 Å². The third-order valence-corrected chi connectivity index (χ3v) is 7.34. The maximum Gasteiger partial charge on any atom is 0.417 e. The van der Waals surface area contributed by atoms with Gasteiger partial charge in [-0.1, -0.05) is 0 Å². The van der Waals surface area contributed by atoms with Crippen molar-refractivity contribution in [1.82, 2.24) is 15.2 Å². The molecule has 2 saturated heterocycles. The smallest absolute Gasteiger partial charge is 0.372 e. The molecule has 2 atom stereocenters. The van der Waals surface area contributed by atoms with Gasteiger partial charge in [-0.25, -0.2) is 0 Å². The zero-order valence-corrected chi connectivity index (χ0v) is 20.0. The van der Waals surface area contributed by atoms with Gasteiger partial charge < -0.3 is 15.1 Å². The summed E-state index contributed by atoms with van der Waals surface area (Å²) in [7, 11) is 1.59. The van der Waals surface area contributed by atoms with Gasteiger partial charge >= 0.3 is 6.18 Å². The van der Waals surface area contributed by atoms with Crippen LogP contribution in [0.15, 0.2) is 42.7 Å². The molecule has 0 aliphatic carbocycles. The van der Waals surface area contributed by atoms with Gasteiger partial charge in [-0.05, 0) is 60.6 Å². The molecule has 190 valence electrons. The van der Waals surface area contributed by atoms with E-state index in [-0.39, 0.29) is 36.0 Å². The van der Waals surface area contributed by atoms with Gasteiger partial charge in [0, 0.05) is 51.3 Å². The summed E-state index contributed by atoms with van der Waals surface area (Å²) in [6, 6.07) is 9.02. The Morgan fingerprint density at radius 2 is 1.83 bits per heavy atom. The number of nitrogens with one attached hydrogen (secondary N) is 1. The third-order valence-electron chi connectivity index (χ3n) is 7.34. The number of hydrogen-bond donors (Lipinski definition) is 1. The van der Waals surface area contributed by atoms with E-state index in [0.717, 1.165) is 11.6 Å². The van der Waals surface area contributed by atoms with Crippen molar-refractivity contribution in [3.05, 3.63) is 59.4 Å². The average Bonchev–Trinajstić information content (AvgIpc) is 3.34. The molecule has 1 aromatic heterocycles. The number of benzene rings is 1. The van der Waals surface area contributed by atoms with Gasteiger partial charge in [-0.15, -0.1) is 0 Å². The third kappa shape index (κ3) is 5.45. The molecular formula is C26H28F3N5O2. The minimum absolute atomic E-state index is 0.0137. The Morgan fingerprint density at radius 3 is 2.44 bits per heavy atom. The van der Waals surface area contributed by atoms with Crippen molar-refractivity contribution in [1.29, 1.82) is 5.26 Å². The van der Waals surface area contributed by atoms with Crippen LogP contribution in [0.1, 0.15) is 29.5 Å². The molecular weight excluding hydrogens is 471 g/mol. The number of carbonyl (C=O) groups excluding carboxylic acids is 2. The first-order chi connectivity index (χ1) is 17.2. The topological polar surface area (TPSA) is 89.3 Å². The Labute approximate surface area is 207 Å². The van der Waals surface area contributed by atoms with Crippen molar-refractivity contribution in [3.63, 3.8) is 0 Å². The van der Waals surface area contributed by atoms with E-state index in [9.17, 15) is 22.8 Å². The van der Waals surface area contributed by atoms with E-state index in [4.69, 9.17) is 5.26 Å². The van der Waals surface area contributed by atoms with E-state index >= 15 is 0 Å². The molecule has 4 rings (SSSR count). The summed E-state index contributed by atoms with van der Waals surface area (Å²) in [4.78, 5) is 33.2. The number of aromatic nitrogens is 1. The molecule has 0 saturated carbocycles. The van der Waals surface area contributed by atoms with E-state index in [2.05, 4.69) is 10.3 Å². The van der Waals surface area contributed by atoms with Gasteiger partial charge in [0.25, 0.3) is 0 Å². The maximum absolute atomic E-state index is 13.4. The number of nitriles is 1. The monoisotopic (exact) mass is 499 g/mol. The molecule has 1 aromatic carbocycles. The summed E-state index contributed by atoms with van der Waals surface area (Å²) >= 11 is 0. The Balaban J connectivity index is 1.44. The van der Waals surface area contributed by atoms with Crippen molar-refractivity contribution in [2.24, 2.45) is 17.8 Å². The number of amides is 2. The molecule has 3 heterocycles. The number of nitrogens with zero attached hydrogens (tertiary/aromatic N) is 4. The SMILES string of the molecule is CNC(=O)[C@@H]1CN(C(=O)Cc2ccncc2)C[C@H]1C1CCN(c2ccc(C#N)c(C(F)(F)F)c2)CC1. The van der Waals surface area contributed by atoms with Gasteiger partial charge in [0.15, 0.2) is 0 Å². The molecule has 1 N–H and O–H groups in total. The number of hydrogen-bond acceptors (Lipinski definition) is 5. The van der Waals surface area contributed by atoms with Crippen LogP contribution in [0.2, 0.25) is 0 Å². The van der Waals surface area contributed by atoms with Crippen molar-refractivity contribution < 1.29 is 22.8 Å². The standard InChI is InChI=1S/C26H28F3N5O2/c1-31-25(36)22-16-34(24(35)12-17-4-8-32-9-5-17)15-21(22)18-6-10-33(11-7-18)20-3-2-19(14-30)23(13-20)26(27,28)29/h2-5,8-9,13,18,21-22H,6-7,10-12,15-16H2,1H3,(H,31,36)/t21-,22+/m0/s1. The summed E-state index contributed by atoms with van der Waals surface area (Å²) in [5, 5.41) is 11.8.